The van der Waals surface area contributed by atoms with Crippen molar-refractivity contribution in [1.29, 1.82) is 0 Å². The standard InChI is InChI=1S/C26H28FN7O/c27-21-5-1-4-20(18-21)23-6-2-7-24-31-26(32-34(23)24)30-22-10-8-19(9-11-22)25(35)29-12-3-15-33-16-13-28-14-17-33/h1-2,4-11,18,28H,3,12-17H2,(H,29,35)(H,30,32). The highest BCUT2D eigenvalue weighted by Gasteiger charge is 2.12. The van der Waals surface area contributed by atoms with Crippen LogP contribution in [-0.2, 0) is 0 Å². The highest BCUT2D eigenvalue weighted by atomic mass is 19.1. The van der Waals surface area contributed by atoms with Crippen LogP contribution in [0.25, 0.3) is 16.9 Å². The number of carbonyl (C=O) groups is 1. The van der Waals surface area contributed by atoms with E-state index in [4.69, 9.17) is 0 Å². The van der Waals surface area contributed by atoms with Gasteiger partial charge in [0.05, 0.1) is 5.69 Å². The second kappa shape index (κ2) is 10.6. The minimum Gasteiger partial charge on any atom is -0.352 e. The Bertz CT molecular complexity index is 1300. The smallest absolute Gasteiger partial charge is 0.251 e. The van der Waals surface area contributed by atoms with Crippen LogP contribution < -0.4 is 16.0 Å². The van der Waals surface area contributed by atoms with Crippen molar-refractivity contribution >= 4 is 23.2 Å². The van der Waals surface area contributed by atoms with Crippen molar-refractivity contribution in [2.45, 2.75) is 6.42 Å². The van der Waals surface area contributed by atoms with Gasteiger partial charge in [-0.3, -0.25) is 4.79 Å². The van der Waals surface area contributed by atoms with Gasteiger partial charge in [0.2, 0.25) is 5.95 Å². The van der Waals surface area contributed by atoms with E-state index in [1.165, 1.54) is 12.1 Å². The molecule has 0 saturated carbocycles. The van der Waals surface area contributed by atoms with Gasteiger partial charge in [-0.25, -0.2) is 8.91 Å². The maximum absolute atomic E-state index is 13.7. The molecule has 2 aromatic carbocycles. The summed E-state index contributed by atoms with van der Waals surface area (Å²) in [5, 5.41) is 14.1. The number of hydrogen-bond donors (Lipinski definition) is 3. The Hall–Kier alpha value is -3.82. The SMILES string of the molecule is O=C(NCCCN1CCNCC1)c1ccc(Nc2nc3cccc(-c4cccc(F)c4)n3n2)cc1. The molecule has 0 spiro atoms. The molecule has 5 rings (SSSR count). The number of nitrogens with one attached hydrogen (secondary N) is 3. The van der Waals surface area contributed by atoms with E-state index < -0.39 is 0 Å². The Morgan fingerprint density at radius 2 is 1.83 bits per heavy atom. The van der Waals surface area contributed by atoms with Gasteiger partial charge in [0, 0.05) is 49.5 Å². The van der Waals surface area contributed by atoms with E-state index in [2.05, 4.69) is 30.9 Å². The number of hydrogen-bond acceptors (Lipinski definition) is 6. The van der Waals surface area contributed by atoms with Crippen LogP contribution in [0.3, 0.4) is 0 Å². The molecule has 3 heterocycles. The molecule has 2 aromatic heterocycles. The van der Waals surface area contributed by atoms with Gasteiger partial charge in [0.15, 0.2) is 5.65 Å². The molecule has 9 heteroatoms. The fraction of sp³-hybridized carbons (Fsp3) is 0.269. The van der Waals surface area contributed by atoms with Gasteiger partial charge in [-0.2, -0.15) is 4.98 Å². The summed E-state index contributed by atoms with van der Waals surface area (Å²) >= 11 is 0. The van der Waals surface area contributed by atoms with Gasteiger partial charge in [-0.1, -0.05) is 18.2 Å². The lowest BCUT2D eigenvalue weighted by molar-refractivity contribution is 0.0951. The Labute approximate surface area is 203 Å². The Morgan fingerprint density at radius 3 is 2.63 bits per heavy atom. The molecular weight excluding hydrogens is 445 g/mol. The first-order chi connectivity index (χ1) is 17.2. The highest BCUT2D eigenvalue weighted by Crippen LogP contribution is 2.22. The van der Waals surface area contributed by atoms with Crippen LogP contribution in [0.1, 0.15) is 16.8 Å². The number of amides is 1. The van der Waals surface area contributed by atoms with E-state index in [9.17, 15) is 9.18 Å². The summed E-state index contributed by atoms with van der Waals surface area (Å²) in [6.07, 6.45) is 0.933. The second-order valence-electron chi connectivity index (χ2n) is 8.53. The lowest BCUT2D eigenvalue weighted by Crippen LogP contribution is -2.44. The third kappa shape index (κ3) is 5.64. The number of benzene rings is 2. The van der Waals surface area contributed by atoms with Crippen LogP contribution in [-0.4, -0.2) is 64.7 Å². The monoisotopic (exact) mass is 473 g/mol. The van der Waals surface area contributed by atoms with Crippen LogP contribution in [0.15, 0.2) is 66.7 Å². The number of piperazine rings is 1. The number of rotatable bonds is 8. The van der Waals surface area contributed by atoms with Crippen molar-refractivity contribution in [2.24, 2.45) is 0 Å². The minimum atomic E-state index is -0.304. The Kier molecular flexibility index (Phi) is 6.97. The van der Waals surface area contributed by atoms with Gasteiger partial charge in [0.1, 0.15) is 5.82 Å². The van der Waals surface area contributed by atoms with E-state index in [1.807, 2.05) is 36.4 Å². The Balaban J connectivity index is 1.19. The maximum Gasteiger partial charge on any atom is 0.251 e. The van der Waals surface area contributed by atoms with E-state index in [0.717, 1.165) is 56.1 Å². The first kappa shape index (κ1) is 22.9. The fourth-order valence-electron chi connectivity index (χ4n) is 4.20. The van der Waals surface area contributed by atoms with E-state index in [0.29, 0.717) is 23.7 Å². The molecule has 1 fully saturated rings. The van der Waals surface area contributed by atoms with Gasteiger partial charge in [-0.05, 0) is 61.5 Å². The summed E-state index contributed by atoms with van der Waals surface area (Å²) in [6, 6.07) is 19.2. The number of nitrogens with zero attached hydrogens (tertiary/aromatic N) is 4. The average Bonchev–Trinajstić information content (AvgIpc) is 3.30. The fourth-order valence-corrected chi connectivity index (χ4v) is 4.20. The number of anilines is 2. The third-order valence-corrected chi connectivity index (χ3v) is 6.03. The van der Waals surface area contributed by atoms with E-state index in [-0.39, 0.29) is 11.7 Å². The Morgan fingerprint density at radius 1 is 1.03 bits per heavy atom. The van der Waals surface area contributed by atoms with Crippen molar-refractivity contribution < 1.29 is 9.18 Å². The molecule has 0 radical (unpaired) electrons. The molecule has 0 unspecified atom stereocenters. The molecule has 35 heavy (non-hydrogen) atoms. The third-order valence-electron chi connectivity index (χ3n) is 6.03. The second-order valence-corrected chi connectivity index (χ2v) is 8.53. The summed E-state index contributed by atoms with van der Waals surface area (Å²) in [7, 11) is 0. The molecule has 4 aromatic rings. The largest absolute Gasteiger partial charge is 0.352 e. The molecule has 1 saturated heterocycles. The summed E-state index contributed by atoms with van der Waals surface area (Å²) in [5.41, 5.74) is 3.48. The van der Waals surface area contributed by atoms with Gasteiger partial charge in [-0.15, -0.1) is 5.10 Å². The molecular formula is C26H28FN7O. The summed E-state index contributed by atoms with van der Waals surface area (Å²) in [4.78, 5) is 19.4. The molecule has 0 atom stereocenters. The molecule has 1 aliphatic rings. The summed E-state index contributed by atoms with van der Waals surface area (Å²) < 4.78 is 15.4. The van der Waals surface area contributed by atoms with Crippen LogP contribution in [0.5, 0.6) is 0 Å². The van der Waals surface area contributed by atoms with E-state index >= 15 is 0 Å². The number of carbonyl (C=O) groups excluding carboxylic acids is 1. The van der Waals surface area contributed by atoms with Crippen LogP contribution >= 0.6 is 0 Å². The first-order valence-electron chi connectivity index (χ1n) is 11.9. The maximum atomic E-state index is 13.7. The zero-order chi connectivity index (χ0) is 24.0. The van der Waals surface area contributed by atoms with Crippen molar-refractivity contribution in [1.82, 2.24) is 30.1 Å². The highest BCUT2D eigenvalue weighted by molar-refractivity contribution is 5.94. The average molecular weight is 474 g/mol. The van der Waals surface area contributed by atoms with Crippen LogP contribution in [0.4, 0.5) is 16.0 Å². The zero-order valence-corrected chi connectivity index (χ0v) is 19.4. The van der Waals surface area contributed by atoms with Gasteiger partial charge < -0.3 is 20.9 Å². The number of fused-ring (bicyclic) bond motifs is 1. The van der Waals surface area contributed by atoms with Crippen molar-refractivity contribution in [3.63, 3.8) is 0 Å². The zero-order valence-electron chi connectivity index (χ0n) is 19.4. The topological polar surface area (TPSA) is 86.6 Å². The van der Waals surface area contributed by atoms with Crippen LogP contribution in [0.2, 0.25) is 0 Å². The summed E-state index contributed by atoms with van der Waals surface area (Å²) in [6.45, 7) is 5.85. The van der Waals surface area contributed by atoms with Crippen molar-refractivity contribution in [2.75, 3.05) is 44.6 Å². The predicted octanol–water partition coefficient (Wildman–Crippen LogP) is 3.30. The van der Waals surface area contributed by atoms with E-state index in [1.54, 1.807) is 22.7 Å². The molecule has 180 valence electrons. The molecule has 0 aliphatic carbocycles. The molecule has 8 nitrogen and oxygen atoms in total. The number of halogens is 1. The summed E-state index contributed by atoms with van der Waals surface area (Å²) in [5.74, 6) is 0.0306. The number of pyridine rings is 1. The molecule has 0 bridgehead atoms. The van der Waals surface area contributed by atoms with Crippen LogP contribution in [0, 0.1) is 5.82 Å². The lowest BCUT2D eigenvalue weighted by atomic mass is 10.1. The first-order valence-corrected chi connectivity index (χ1v) is 11.9. The van der Waals surface area contributed by atoms with Crippen molar-refractivity contribution in [3.8, 4) is 11.3 Å². The normalized spacial score (nSPS) is 14.2. The number of aromatic nitrogens is 3. The molecule has 3 N–H and O–H groups in total. The predicted molar refractivity (Wildman–Crippen MR) is 134 cm³/mol. The molecule has 1 amide bonds. The quantitative estimate of drug-likeness (QED) is 0.341. The van der Waals surface area contributed by atoms with Crippen molar-refractivity contribution in [3.05, 3.63) is 78.1 Å². The molecule has 1 aliphatic heterocycles. The van der Waals surface area contributed by atoms with Gasteiger partial charge >= 0.3 is 0 Å². The minimum absolute atomic E-state index is 0.0811. The van der Waals surface area contributed by atoms with Gasteiger partial charge in [0.25, 0.3) is 5.91 Å². The lowest BCUT2D eigenvalue weighted by Gasteiger charge is -2.27.